The summed E-state index contributed by atoms with van der Waals surface area (Å²) < 4.78 is 14.2. The van der Waals surface area contributed by atoms with Crippen LogP contribution in [0.4, 0.5) is 10.1 Å². The van der Waals surface area contributed by atoms with Crippen molar-refractivity contribution in [2.75, 3.05) is 38.1 Å². The summed E-state index contributed by atoms with van der Waals surface area (Å²) in [7, 11) is 2.14. The molecule has 1 aliphatic rings. The van der Waals surface area contributed by atoms with E-state index in [9.17, 15) is 4.39 Å². The molecule has 1 heterocycles. The number of halogens is 1. The molecule has 1 aromatic carbocycles. The Bertz CT molecular complexity index is 436. The maximum Gasteiger partial charge on any atom is 0.129 e. The zero-order valence-corrected chi connectivity index (χ0v) is 12.8. The molecule has 0 amide bonds. The van der Waals surface area contributed by atoms with Crippen LogP contribution in [0.2, 0.25) is 0 Å². The quantitative estimate of drug-likeness (QED) is 0.835. The number of anilines is 1. The summed E-state index contributed by atoms with van der Waals surface area (Å²) in [5.74, 6) is -0.0998. The van der Waals surface area contributed by atoms with Gasteiger partial charge in [-0.05, 0) is 39.1 Å². The molecule has 4 heteroatoms. The van der Waals surface area contributed by atoms with E-state index in [1.54, 1.807) is 6.07 Å². The maximum atomic E-state index is 14.2. The van der Waals surface area contributed by atoms with Crippen molar-refractivity contribution >= 4 is 5.69 Å². The van der Waals surface area contributed by atoms with Crippen molar-refractivity contribution < 1.29 is 4.39 Å². The average Bonchev–Trinajstić information content (AvgIpc) is 2.41. The van der Waals surface area contributed by atoms with Crippen LogP contribution < -0.4 is 10.2 Å². The molecule has 1 unspecified atom stereocenters. The van der Waals surface area contributed by atoms with Crippen molar-refractivity contribution in [3.8, 4) is 0 Å². The topological polar surface area (TPSA) is 18.5 Å². The van der Waals surface area contributed by atoms with E-state index in [-0.39, 0.29) is 5.82 Å². The third-order valence-electron chi connectivity index (χ3n) is 3.96. The minimum Gasteiger partial charge on any atom is -0.366 e. The predicted octanol–water partition coefficient (Wildman–Crippen LogP) is 2.47. The summed E-state index contributed by atoms with van der Waals surface area (Å²) in [5, 5.41) is 3.32. The molecule has 1 aromatic rings. The van der Waals surface area contributed by atoms with Crippen molar-refractivity contribution in [3.63, 3.8) is 0 Å². The number of nitrogens with one attached hydrogen (secondary N) is 1. The van der Waals surface area contributed by atoms with Crippen LogP contribution in [0.3, 0.4) is 0 Å². The number of hydrogen-bond acceptors (Lipinski definition) is 3. The molecule has 1 atom stereocenters. The largest absolute Gasteiger partial charge is 0.366 e. The minimum atomic E-state index is -0.0998. The summed E-state index contributed by atoms with van der Waals surface area (Å²) in [5.41, 5.74) is 1.85. The minimum absolute atomic E-state index is 0.0998. The molecule has 1 aliphatic heterocycles. The first-order valence-corrected chi connectivity index (χ1v) is 7.56. The normalized spacial score (nSPS) is 20.4. The van der Waals surface area contributed by atoms with Crippen molar-refractivity contribution in [2.24, 2.45) is 0 Å². The second-order valence-corrected chi connectivity index (χ2v) is 5.72. The number of likely N-dealkylation sites (N-methyl/N-ethyl adjacent to an activating group) is 1. The third-order valence-corrected chi connectivity index (χ3v) is 3.96. The molecule has 0 saturated carbocycles. The van der Waals surface area contributed by atoms with E-state index in [0.717, 1.165) is 43.9 Å². The van der Waals surface area contributed by atoms with Crippen molar-refractivity contribution in [1.29, 1.82) is 0 Å². The Kier molecular flexibility index (Phi) is 5.38. The summed E-state index contributed by atoms with van der Waals surface area (Å²) >= 11 is 0. The van der Waals surface area contributed by atoms with Gasteiger partial charge < -0.3 is 15.1 Å². The number of hydrogen-bond donors (Lipinski definition) is 1. The van der Waals surface area contributed by atoms with Crippen LogP contribution in [-0.4, -0.2) is 44.2 Å². The first-order chi connectivity index (χ1) is 9.63. The van der Waals surface area contributed by atoms with Gasteiger partial charge in [-0.2, -0.15) is 0 Å². The smallest absolute Gasteiger partial charge is 0.129 e. The summed E-state index contributed by atoms with van der Waals surface area (Å²) in [6.07, 6.45) is 1.06. The monoisotopic (exact) mass is 279 g/mol. The van der Waals surface area contributed by atoms with Gasteiger partial charge in [0, 0.05) is 43.5 Å². The standard InChI is InChI=1S/C16H26FN3/c1-4-8-18-11-14-15(17)6-5-7-16(14)20-10-9-19(3)12-13(20)2/h5-7,13,18H,4,8-12H2,1-3H3. The van der Waals surface area contributed by atoms with Gasteiger partial charge in [0.25, 0.3) is 0 Å². The Balaban J connectivity index is 2.19. The highest BCUT2D eigenvalue weighted by atomic mass is 19.1. The number of piperazine rings is 1. The van der Waals surface area contributed by atoms with Gasteiger partial charge in [-0.3, -0.25) is 0 Å². The van der Waals surface area contributed by atoms with Crippen molar-refractivity contribution in [3.05, 3.63) is 29.6 Å². The highest BCUT2D eigenvalue weighted by Gasteiger charge is 2.24. The lowest BCUT2D eigenvalue weighted by molar-refractivity contribution is 0.275. The van der Waals surface area contributed by atoms with Gasteiger partial charge in [0.15, 0.2) is 0 Å². The van der Waals surface area contributed by atoms with Crippen LogP contribution in [0.25, 0.3) is 0 Å². The molecular weight excluding hydrogens is 253 g/mol. The van der Waals surface area contributed by atoms with E-state index in [1.807, 2.05) is 12.1 Å². The Hall–Kier alpha value is -1.13. The van der Waals surface area contributed by atoms with Gasteiger partial charge in [0.2, 0.25) is 0 Å². The lowest BCUT2D eigenvalue weighted by Gasteiger charge is -2.40. The molecule has 0 aliphatic carbocycles. The molecule has 0 radical (unpaired) electrons. The third kappa shape index (κ3) is 3.49. The van der Waals surface area contributed by atoms with E-state index in [2.05, 4.69) is 36.0 Å². The molecule has 0 aromatic heterocycles. The first kappa shape index (κ1) is 15.3. The molecule has 3 nitrogen and oxygen atoms in total. The van der Waals surface area contributed by atoms with Crippen molar-refractivity contribution in [2.45, 2.75) is 32.9 Å². The van der Waals surface area contributed by atoms with Gasteiger partial charge in [-0.25, -0.2) is 4.39 Å². The lowest BCUT2D eigenvalue weighted by Crippen LogP contribution is -2.51. The molecule has 0 spiro atoms. The zero-order valence-electron chi connectivity index (χ0n) is 12.8. The molecule has 1 saturated heterocycles. The van der Waals surface area contributed by atoms with Gasteiger partial charge in [0.1, 0.15) is 5.82 Å². The maximum absolute atomic E-state index is 14.2. The van der Waals surface area contributed by atoms with Gasteiger partial charge >= 0.3 is 0 Å². The fourth-order valence-electron chi connectivity index (χ4n) is 2.88. The van der Waals surface area contributed by atoms with Gasteiger partial charge in [0.05, 0.1) is 0 Å². The Morgan fingerprint density at radius 3 is 2.85 bits per heavy atom. The van der Waals surface area contributed by atoms with Gasteiger partial charge in [-0.15, -0.1) is 0 Å². The van der Waals surface area contributed by atoms with Crippen LogP contribution in [0.5, 0.6) is 0 Å². The molecule has 2 rings (SSSR count). The Morgan fingerprint density at radius 2 is 2.15 bits per heavy atom. The Morgan fingerprint density at radius 1 is 1.35 bits per heavy atom. The predicted molar refractivity (Wildman–Crippen MR) is 82.7 cm³/mol. The summed E-state index contributed by atoms with van der Waals surface area (Å²) in [4.78, 5) is 4.67. The van der Waals surface area contributed by atoms with Crippen LogP contribution >= 0.6 is 0 Å². The van der Waals surface area contributed by atoms with Crippen LogP contribution in [-0.2, 0) is 6.54 Å². The SMILES string of the molecule is CCCNCc1c(F)cccc1N1CCN(C)CC1C. The Labute approximate surface area is 121 Å². The van der Waals surface area contributed by atoms with E-state index in [0.29, 0.717) is 12.6 Å². The molecule has 20 heavy (non-hydrogen) atoms. The lowest BCUT2D eigenvalue weighted by atomic mass is 10.1. The van der Waals surface area contributed by atoms with Crippen LogP contribution in [0.15, 0.2) is 18.2 Å². The first-order valence-electron chi connectivity index (χ1n) is 7.56. The number of rotatable bonds is 5. The van der Waals surface area contributed by atoms with E-state index < -0.39 is 0 Å². The fraction of sp³-hybridized carbons (Fsp3) is 0.625. The van der Waals surface area contributed by atoms with E-state index >= 15 is 0 Å². The molecule has 1 fully saturated rings. The van der Waals surface area contributed by atoms with E-state index in [4.69, 9.17) is 0 Å². The van der Waals surface area contributed by atoms with Crippen molar-refractivity contribution in [1.82, 2.24) is 10.2 Å². The highest BCUT2D eigenvalue weighted by Crippen LogP contribution is 2.26. The fourth-order valence-corrected chi connectivity index (χ4v) is 2.88. The molecule has 1 N–H and O–H groups in total. The number of nitrogens with zero attached hydrogens (tertiary/aromatic N) is 2. The second kappa shape index (κ2) is 7.04. The summed E-state index contributed by atoms with van der Waals surface area (Å²) in [6.45, 7) is 8.88. The number of benzene rings is 1. The molecule has 0 bridgehead atoms. The van der Waals surface area contributed by atoms with Gasteiger partial charge in [-0.1, -0.05) is 13.0 Å². The summed E-state index contributed by atoms with van der Waals surface area (Å²) in [6, 6.07) is 5.85. The zero-order chi connectivity index (χ0) is 14.5. The highest BCUT2D eigenvalue weighted by molar-refractivity contribution is 5.55. The van der Waals surface area contributed by atoms with Crippen LogP contribution in [0, 0.1) is 5.82 Å². The van der Waals surface area contributed by atoms with Crippen LogP contribution in [0.1, 0.15) is 25.8 Å². The molecular formula is C16H26FN3. The molecule has 112 valence electrons. The average molecular weight is 279 g/mol. The second-order valence-electron chi connectivity index (χ2n) is 5.72. The van der Waals surface area contributed by atoms with E-state index in [1.165, 1.54) is 0 Å².